The molecule has 0 saturated heterocycles. The second kappa shape index (κ2) is 6.18. The lowest BCUT2D eigenvalue weighted by molar-refractivity contribution is 0.0954. The molecule has 2 rings (SSSR count). The fraction of sp³-hybridized carbons (Fsp3) is 0.231. The molecule has 0 radical (unpaired) electrons. The zero-order valence-corrected chi connectivity index (χ0v) is 11.1. The highest BCUT2D eigenvalue weighted by Crippen LogP contribution is 2.15. The number of nitrogens with one attached hydrogen (secondary N) is 1. The molecule has 0 bridgehead atoms. The number of aromatic nitrogens is 1. The molecular formula is C13H12N2O3S. The number of hydrogen-bond donors (Lipinski definition) is 2. The number of thiophene rings is 1. The third-order valence-corrected chi connectivity index (χ3v) is 3.19. The fourth-order valence-electron chi connectivity index (χ4n) is 1.47. The normalized spacial score (nSPS) is 9.79. The number of aliphatic hydroxyl groups is 1. The van der Waals surface area contributed by atoms with Crippen LogP contribution >= 0.6 is 11.3 Å². The van der Waals surface area contributed by atoms with Crippen molar-refractivity contribution in [1.82, 2.24) is 10.5 Å². The van der Waals surface area contributed by atoms with Gasteiger partial charge in [0.15, 0.2) is 0 Å². The van der Waals surface area contributed by atoms with Crippen LogP contribution in [-0.4, -0.2) is 22.8 Å². The van der Waals surface area contributed by atoms with Gasteiger partial charge in [-0.15, -0.1) is 11.3 Å². The van der Waals surface area contributed by atoms with Crippen molar-refractivity contribution < 1.29 is 14.4 Å². The van der Waals surface area contributed by atoms with Crippen molar-refractivity contribution in [2.45, 2.75) is 13.5 Å². The van der Waals surface area contributed by atoms with Gasteiger partial charge in [0.2, 0.25) is 0 Å². The summed E-state index contributed by atoms with van der Waals surface area (Å²) < 4.78 is 4.92. The lowest BCUT2D eigenvalue weighted by atomic mass is 10.2. The Morgan fingerprint density at radius 2 is 2.47 bits per heavy atom. The van der Waals surface area contributed by atoms with Gasteiger partial charge in [0.25, 0.3) is 5.91 Å². The maximum absolute atomic E-state index is 12.0. The van der Waals surface area contributed by atoms with Gasteiger partial charge in [-0.05, 0) is 18.4 Å². The summed E-state index contributed by atoms with van der Waals surface area (Å²) >= 11 is 1.31. The van der Waals surface area contributed by atoms with Crippen LogP contribution in [0.2, 0.25) is 0 Å². The van der Waals surface area contributed by atoms with Crippen LogP contribution in [0.25, 0.3) is 0 Å². The first-order valence-electron chi connectivity index (χ1n) is 5.58. The topological polar surface area (TPSA) is 75.4 Å². The van der Waals surface area contributed by atoms with Crippen molar-refractivity contribution in [3.8, 4) is 11.8 Å². The van der Waals surface area contributed by atoms with Crippen molar-refractivity contribution in [2.24, 2.45) is 0 Å². The molecule has 6 heteroatoms. The Bertz CT molecular complexity index is 634. The van der Waals surface area contributed by atoms with Gasteiger partial charge in [0.1, 0.15) is 22.9 Å². The van der Waals surface area contributed by atoms with Gasteiger partial charge in [-0.2, -0.15) is 0 Å². The zero-order valence-electron chi connectivity index (χ0n) is 10.3. The molecule has 0 fully saturated rings. The molecule has 2 heterocycles. The van der Waals surface area contributed by atoms with E-state index in [1.807, 2.05) is 0 Å². The van der Waals surface area contributed by atoms with Crippen LogP contribution in [0.15, 0.2) is 22.0 Å². The standard InChI is InChI=1S/C13H12N2O3S/c1-9-7-11(15-18-9)8-14-13(17)12-10(3-2-5-16)4-6-19-12/h4,6-7,16H,5,8H2,1H3,(H,14,17). The largest absolute Gasteiger partial charge is 0.384 e. The predicted octanol–water partition coefficient (Wildman–Crippen LogP) is 1.32. The van der Waals surface area contributed by atoms with Crippen LogP contribution in [0, 0.1) is 18.8 Å². The van der Waals surface area contributed by atoms with Gasteiger partial charge >= 0.3 is 0 Å². The summed E-state index contributed by atoms with van der Waals surface area (Å²) in [6.07, 6.45) is 0. The first-order chi connectivity index (χ1) is 9.20. The number of carbonyl (C=O) groups is 1. The maximum atomic E-state index is 12.0. The number of rotatable bonds is 3. The second-order valence-electron chi connectivity index (χ2n) is 3.73. The highest BCUT2D eigenvalue weighted by molar-refractivity contribution is 7.12. The average Bonchev–Trinajstić information content (AvgIpc) is 3.02. The van der Waals surface area contributed by atoms with Crippen molar-refractivity contribution in [2.75, 3.05) is 6.61 Å². The predicted molar refractivity (Wildman–Crippen MR) is 70.7 cm³/mol. The number of aryl methyl sites for hydroxylation is 1. The van der Waals surface area contributed by atoms with Crippen molar-refractivity contribution in [1.29, 1.82) is 0 Å². The molecule has 5 nitrogen and oxygen atoms in total. The third kappa shape index (κ3) is 3.44. The summed E-state index contributed by atoms with van der Waals surface area (Å²) in [6.45, 7) is 1.87. The highest BCUT2D eigenvalue weighted by Gasteiger charge is 2.12. The summed E-state index contributed by atoms with van der Waals surface area (Å²) in [4.78, 5) is 12.5. The number of aliphatic hydroxyl groups excluding tert-OH is 1. The van der Waals surface area contributed by atoms with Gasteiger partial charge in [0, 0.05) is 11.6 Å². The van der Waals surface area contributed by atoms with E-state index in [9.17, 15) is 4.79 Å². The average molecular weight is 276 g/mol. The molecule has 0 spiro atoms. The minimum Gasteiger partial charge on any atom is -0.384 e. The first kappa shape index (κ1) is 13.3. The van der Waals surface area contributed by atoms with E-state index < -0.39 is 0 Å². The smallest absolute Gasteiger partial charge is 0.262 e. The Kier molecular flexibility index (Phi) is 4.34. The Hall–Kier alpha value is -2.10. The van der Waals surface area contributed by atoms with Crippen molar-refractivity contribution in [3.05, 3.63) is 39.4 Å². The first-order valence-corrected chi connectivity index (χ1v) is 6.46. The van der Waals surface area contributed by atoms with Gasteiger partial charge < -0.3 is 14.9 Å². The Morgan fingerprint density at radius 3 is 3.16 bits per heavy atom. The number of carbonyl (C=O) groups excluding carboxylic acids is 1. The molecule has 1 amide bonds. The SMILES string of the molecule is Cc1cc(CNC(=O)c2sccc2C#CCO)no1. The molecule has 2 N–H and O–H groups in total. The zero-order chi connectivity index (χ0) is 13.7. The highest BCUT2D eigenvalue weighted by atomic mass is 32.1. The Balaban J connectivity index is 2.02. The molecular weight excluding hydrogens is 264 g/mol. The third-order valence-electron chi connectivity index (χ3n) is 2.28. The summed E-state index contributed by atoms with van der Waals surface area (Å²) in [7, 11) is 0. The lowest BCUT2D eigenvalue weighted by Crippen LogP contribution is -2.22. The van der Waals surface area contributed by atoms with Crippen LogP contribution < -0.4 is 5.32 Å². The quantitative estimate of drug-likeness (QED) is 0.829. The molecule has 0 aliphatic heterocycles. The number of hydrogen-bond acceptors (Lipinski definition) is 5. The van der Waals surface area contributed by atoms with E-state index in [2.05, 4.69) is 22.3 Å². The van der Waals surface area contributed by atoms with Crippen LogP contribution in [-0.2, 0) is 6.54 Å². The summed E-state index contributed by atoms with van der Waals surface area (Å²) in [6, 6.07) is 3.52. The molecule has 0 aromatic carbocycles. The monoisotopic (exact) mass is 276 g/mol. The summed E-state index contributed by atoms with van der Waals surface area (Å²) in [5.41, 5.74) is 1.29. The lowest BCUT2D eigenvalue weighted by Gasteiger charge is -2.00. The minimum atomic E-state index is -0.227. The maximum Gasteiger partial charge on any atom is 0.262 e. The molecule has 0 atom stereocenters. The Labute approximate surface area is 114 Å². The van der Waals surface area contributed by atoms with E-state index in [1.54, 1.807) is 24.4 Å². The van der Waals surface area contributed by atoms with Crippen molar-refractivity contribution >= 4 is 17.2 Å². The van der Waals surface area contributed by atoms with Gasteiger partial charge in [-0.1, -0.05) is 17.0 Å². The van der Waals surface area contributed by atoms with Gasteiger partial charge in [-0.25, -0.2) is 0 Å². The summed E-state index contributed by atoms with van der Waals surface area (Å²) in [5.74, 6) is 5.76. The van der Waals surface area contributed by atoms with Gasteiger partial charge in [-0.3, -0.25) is 4.79 Å². The van der Waals surface area contributed by atoms with Gasteiger partial charge in [0.05, 0.1) is 6.54 Å². The van der Waals surface area contributed by atoms with Crippen LogP contribution in [0.5, 0.6) is 0 Å². The molecule has 98 valence electrons. The van der Waals surface area contributed by atoms with E-state index in [4.69, 9.17) is 9.63 Å². The van der Waals surface area contributed by atoms with E-state index in [1.165, 1.54) is 11.3 Å². The fourth-order valence-corrected chi connectivity index (χ4v) is 2.24. The van der Waals surface area contributed by atoms with Crippen molar-refractivity contribution in [3.63, 3.8) is 0 Å². The molecule has 2 aromatic rings. The van der Waals surface area contributed by atoms with E-state index >= 15 is 0 Å². The molecule has 0 aliphatic rings. The number of amides is 1. The van der Waals surface area contributed by atoms with Crippen LogP contribution in [0.4, 0.5) is 0 Å². The summed E-state index contributed by atoms with van der Waals surface area (Å²) in [5, 5.41) is 17.0. The van der Waals surface area contributed by atoms with Crippen LogP contribution in [0.1, 0.15) is 26.7 Å². The van der Waals surface area contributed by atoms with E-state index in [0.717, 1.165) is 0 Å². The molecule has 2 aromatic heterocycles. The molecule has 19 heavy (non-hydrogen) atoms. The van der Waals surface area contributed by atoms with E-state index in [0.29, 0.717) is 28.4 Å². The molecule has 0 unspecified atom stereocenters. The second-order valence-corrected chi connectivity index (χ2v) is 4.65. The van der Waals surface area contributed by atoms with Crippen LogP contribution in [0.3, 0.4) is 0 Å². The minimum absolute atomic E-state index is 0.210. The molecule has 0 saturated carbocycles. The number of nitrogens with zero attached hydrogens (tertiary/aromatic N) is 1. The Morgan fingerprint density at radius 1 is 1.63 bits per heavy atom. The van der Waals surface area contributed by atoms with E-state index in [-0.39, 0.29) is 12.5 Å². The molecule has 0 aliphatic carbocycles.